The molecule has 208 valence electrons. The molecule has 9 heteroatoms. The molecule has 0 aliphatic carbocycles. The Labute approximate surface area is 236 Å². The first-order valence-corrected chi connectivity index (χ1v) is 15.1. The van der Waals surface area contributed by atoms with Gasteiger partial charge in [0.25, 0.3) is 0 Å². The van der Waals surface area contributed by atoms with E-state index in [0.29, 0.717) is 17.3 Å². The summed E-state index contributed by atoms with van der Waals surface area (Å²) in [7, 11) is -3.82. The Bertz CT molecular complexity index is 1400. The number of halogens is 1. The second-order valence-electron chi connectivity index (χ2n) is 9.71. The predicted molar refractivity (Wildman–Crippen MR) is 157 cm³/mol. The van der Waals surface area contributed by atoms with Gasteiger partial charge in [-0.25, -0.2) is 8.42 Å². The lowest BCUT2D eigenvalue weighted by atomic mass is 10.0. The maximum absolute atomic E-state index is 14.1. The molecule has 3 aromatic carbocycles. The smallest absolute Gasteiger partial charge is 0.244 e. The number of anilines is 1. The number of hydrogen-bond donors (Lipinski definition) is 1. The van der Waals surface area contributed by atoms with Crippen LogP contribution in [0.5, 0.6) is 0 Å². The SMILES string of the molecule is CCCNC(=O)[C@H](Cc1ccccc1)N(Cc1cccc(Cl)c1)C(=O)CN(c1cc(C)ccc1C)S(C)(=O)=O. The Balaban J connectivity index is 2.07. The molecule has 3 aromatic rings. The quantitative estimate of drug-likeness (QED) is 0.336. The summed E-state index contributed by atoms with van der Waals surface area (Å²) in [5, 5.41) is 3.43. The van der Waals surface area contributed by atoms with Gasteiger partial charge in [0.15, 0.2) is 0 Å². The van der Waals surface area contributed by atoms with Crippen LogP contribution in [0.1, 0.15) is 35.6 Å². The van der Waals surface area contributed by atoms with Gasteiger partial charge in [-0.05, 0) is 60.7 Å². The monoisotopic (exact) mass is 569 g/mol. The average Bonchev–Trinajstić information content (AvgIpc) is 2.89. The molecule has 0 bridgehead atoms. The number of aryl methyl sites for hydroxylation is 2. The molecule has 0 saturated heterocycles. The van der Waals surface area contributed by atoms with Crippen LogP contribution >= 0.6 is 11.6 Å². The number of carbonyl (C=O) groups is 2. The first-order chi connectivity index (χ1) is 18.5. The van der Waals surface area contributed by atoms with Crippen LogP contribution in [0, 0.1) is 13.8 Å². The van der Waals surface area contributed by atoms with E-state index in [-0.39, 0.29) is 18.9 Å². The Kier molecular flexibility index (Phi) is 10.5. The second kappa shape index (κ2) is 13.6. The van der Waals surface area contributed by atoms with E-state index in [1.165, 1.54) is 4.90 Å². The number of rotatable bonds is 12. The highest BCUT2D eigenvalue weighted by molar-refractivity contribution is 7.92. The summed E-state index contributed by atoms with van der Waals surface area (Å²) in [6.07, 6.45) is 2.09. The fraction of sp³-hybridized carbons (Fsp3) is 0.333. The van der Waals surface area contributed by atoms with E-state index in [1.54, 1.807) is 31.2 Å². The van der Waals surface area contributed by atoms with E-state index in [1.807, 2.05) is 62.4 Å². The minimum absolute atomic E-state index is 0.0842. The molecule has 2 amide bonds. The lowest BCUT2D eigenvalue weighted by Crippen LogP contribution is -2.53. The van der Waals surface area contributed by atoms with Gasteiger partial charge < -0.3 is 10.2 Å². The van der Waals surface area contributed by atoms with Crippen molar-refractivity contribution in [2.75, 3.05) is 23.7 Å². The minimum Gasteiger partial charge on any atom is -0.354 e. The normalized spacial score (nSPS) is 12.0. The van der Waals surface area contributed by atoms with Crippen molar-refractivity contribution in [3.05, 3.63) is 100 Å². The molecule has 0 aliphatic heterocycles. The van der Waals surface area contributed by atoms with Gasteiger partial charge >= 0.3 is 0 Å². The van der Waals surface area contributed by atoms with E-state index in [9.17, 15) is 18.0 Å². The van der Waals surface area contributed by atoms with E-state index < -0.39 is 28.5 Å². The van der Waals surface area contributed by atoms with E-state index in [4.69, 9.17) is 11.6 Å². The van der Waals surface area contributed by atoms with Gasteiger partial charge in [0.1, 0.15) is 12.6 Å². The number of sulfonamides is 1. The first-order valence-electron chi connectivity index (χ1n) is 12.9. The molecule has 1 N–H and O–H groups in total. The minimum atomic E-state index is -3.82. The molecule has 0 spiro atoms. The maximum atomic E-state index is 14.1. The third kappa shape index (κ3) is 8.57. The maximum Gasteiger partial charge on any atom is 0.244 e. The lowest BCUT2D eigenvalue weighted by molar-refractivity contribution is -0.140. The molecule has 0 radical (unpaired) electrons. The summed E-state index contributed by atoms with van der Waals surface area (Å²) in [4.78, 5) is 29.0. The van der Waals surface area contributed by atoms with Crippen LogP contribution in [0.3, 0.4) is 0 Å². The highest BCUT2D eigenvalue weighted by Crippen LogP contribution is 2.25. The summed E-state index contributed by atoms with van der Waals surface area (Å²) < 4.78 is 27.0. The summed E-state index contributed by atoms with van der Waals surface area (Å²) in [5.41, 5.74) is 3.64. The Morgan fingerprint density at radius 2 is 1.64 bits per heavy atom. The number of nitrogens with one attached hydrogen (secondary N) is 1. The molecule has 1 atom stereocenters. The molecule has 39 heavy (non-hydrogen) atoms. The number of amides is 2. The fourth-order valence-electron chi connectivity index (χ4n) is 4.33. The van der Waals surface area contributed by atoms with Gasteiger partial charge in [0.2, 0.25) is 21.8 Å². The largest absolute Gasteiger partial charge is 0.354 e. The van der Waals surface area contributed by atoms with E-state index in [0.717, 1.165) is 39.2 Å². The Hall–Kier alpha value is -3.36. The second-order valence-corrected chi connectivity index (χ2v) is 12.1. The van der Waals surface area contributed by atoms with Crippen LogP contribution in [0.25, 0.3) is 0 Å². The molecular weight excluding hydrogens is 534 g/mol. The number of benzene rings is 3. The van der Waals surface area contributed by atoms with Crippen molar-refractivity contribution in [3.8, 4) is 0 Å². The zero-order valence-electron chi connectivity index (χ0n) is 22.9. The molecule has 7 nitrogen and oxygen atoms in total. The van der Waals surface area contributed by atoms with Gasteiger partial charge in [0, 0.05) is 24.5 Å². The van der Waals surface area contributed by atoms with Crippen molar-refractivity contribution in [1.29, 1.82) is 0 Å². The summed E-state index contributed by atoms with van der Waals surface area (Å²) in [5.74, 6) is -0.789. The molecule has 0 aromatic heterocycles. The van der Waals surface area contributed by atoms with Crippen LogP contribution in [-0.4, -0.2) is 50.5 Å². The molecule has 0 aliphatic rings. The molecule has 3 rings (SSSR count). The van der Waals surface area contributed by atoms with Crippen LogP contribution in [0.2, 0.25) is 5.02 Å². The number of nitrogens with zero attached hydrogens (tertiary/aromatic N) is 2. The number of hydrogen-bond acceptors (Lipinski definition) is 4. The van der Waals surface area contributed by atoms with Gasteiger partial charge in [-0.2, -0.15) is 0 Å². The highest BCUT2D eigenvalue weighted by Gasteiger charge is 2.33. The first kappa shape index (κ1) is 30.2. The van der Waals surface area contributed by atoms with Gasteiger partial charge in [0.05, 0.1) is 11.9 Å². The summed E-state index contributed by atoms with van der Waals surface area (Å²) >= 11 is 6.23. The van der Waals surface area contributed by atoms with E-state index in [2.05, 4.69) is 5.32 Å². The lowest BCUT2D eigenvalue weighted by Gasteiger charge is -2.34. The number of carbonyl (C=O) groups excluding carboxylic acids is 2. The molecule has 0 fully saturated rings. The average molecular weight is 570 g/mol. The fourth-order valence-corrected chi connectivity index (χ4v) is 5.45. The molecule has 0 saturated carbocycles. The van der Waals surface area contributed by atoms with Gasteiger partial charge in [-0.15, -0.1) is 0 Å². The Morgan fingerprint density at radius 3 is 2.28 bits per heavy atom. The van der Waals surface area contributed by atoms with E-state index >= 15 is 0 Å². The standard InChI is InChI=1S/C30H36ClN3O4S/c1-5-16-32-30(36)28(19-24-10-7-6-8-11-24)33(20-25-12-9-13-26(31)18-25)29(35)21-34(39(4,37)38)27-17-22(2)14-15-23(27)3/h6-15,17-18,28H,5,16,19-21H2,1-4H3,(H,32,36)/t28-/m0/s1. The zero-order chi connectivity index (χ0) is 28.6. The summed E-state index contributed by atoms with van der Waals surface area (Å²) in [6, 6.07) is 21.1. The van der Waals surface area contributed by atoms with Crippen LogP contribution in [0.4, 0.5) is 5.69 Å². The van der Waals surface area contributed by atoms with Crippen molar-refractivity contribution in [3.63, 3.8) is 0 Å². The Morgan fingerprint density at radius 1 is 0.949 bits per heavy atom. The van der Waals surface area contributed by atoms with Crippen molar-refractivity contribution in [2.24, 2.45) is 0 Å². The highest BCUT2D eigenvalue weighted by atomic mass is 35.5. The third-order valence-corrected chi connectivity index (χ3v) is 7.74. The predicted octanol–water partition coefficient (Wildman–Crippen LogP) is 4.89. The molecule has 0 unspecified atom stereocenters. The topological polar surface area (TPSA) is 86.8 Å². The van der Waals surface area contributed by atoms with Crippen LogP contribution in [0.15, 0.2) is 72.8 Å². The molecular formula is C30H36ClN3O4S. The van der Waals surface area contributed by atoms with Crippen molar-refractivity contribution in [1.82, 2.24) is 10.2 Å². The van der Waals surface area contributed by atoms with Crippen LogP contribution < -0.4 is 9.62 Å². The van der Waals surface area contributed by atoms with Crippen molar-refractivity contribution < 1.29 is 18.0 Å². The van der Waals surface area contributed by atoms with Crippen molar-refractivity contribution in [2.45, 2.75) is 46.2 Å². The summed E-state index contributed by atoms with van der Waals surface area (Å²) in [6.45, 7) is 5.72. The third-order valence-electron chi connectivity index (χ3n) is 6.37. The van der Waals surface area contributed by atoms with Gasteiger partial charge in [-0.1, -0.05) is 73.1 Å². The molecule has 0 heterocycles. The van der Waals surface area contributed by atoms with Crippen molar-refractivity contribution >= 4 is 39.1 Å². The zero-order valence-corrected chi connectivity index (χ0v) is 24.4. The van der Waals surface area contributed by atoms with Crippen LogP contribution in [-0.2, 0) is 32.6 Å². The van der Waals surface area contributed by atoms with Gasteiger partial charge in [-0.3, -0.25) is 13.9 Å².